The molecule has 160 valence electrons. The molecule has 0 amide bonds. The van der Waals surface area contributed by atoms with Crippen molar-refractivity contribution in [2.45, 2.75) is 31.6 Å². The van der Waals surface area contributed by atoms with E-state index in [9.17, 15) is 5.11 Å². The van der Waals surface area contributed by atoms with Crippen LogP contribution in [-0.2, 0) is 24.0 Å². The van der Waals surface area contributed by atoms with Crippen molar-refractivity contribution in [3.63, 3.8) is 0 Å². The van der Waals surface area contributed by atoms with Crippen molar-refractivity contribution < 1.29 is 9.84 Å². The maximum Gasteiger partial charge on any atom is 0.156 e. The summed E-state index contributed by atoms with van der Waals surface area (Å²) in [5, 5.41) is 12.9. The maximum atomic E-state index is 9.46. The number of phenolic OH excluding ortho intramolecular Hbond substituents is 1. The van der Waals surface area contributed by atoms with Crippen molar-refractivity contribution in [2.75, 3.05) is 5.32 Å². The average molecular weight is 424 g/mol. The number of nitrogens with zero attached hydrogens (tertiary/aromatic N) is 2. The Morgan fingerprint density at radius 2 is 1.53 bits per heavy atom. The van der Waals surface area contributed by atoms with Crippen LogP contribution in [0.4, 0.5) is 5.82 Å². The highest BCUT2D eigenvalue weighted by Crippen LogP contribution is 2.29. The molecule has 1 fully saturated rings. The van der Waals surface area contributed by atoms with Gasteiger partial charge in [-0.2, -0.15) is 0 Å². The van der Waals surface area contributed by atoms with Gasteiger partial charge in [-0.15, -0.1) is 0 Å². The van der Waals surface area contributed by atoms with Crippen LogP contribution in [0.2, 0.25) is 0 Å². The minimum Gasteiger partial charge on any atom is -0.508 e. The second-order valence-electron chi connectivity index (χ2n) is 8.01. The molecule has 0 bridgehead atoms. The highest BCUT2D eigenvalue weighted by Gasteiger charge is 2.39. The number of benzene rings is 3. The SMILES string of the molecule is Oc1ccc(CC2OC2Nc2ncc(-c3ccccc3)nc2CCc2ccccc2)cc1. The lowest BCUT2D eigenvalue weighted by molar-refractivity contribution is 0.380. The number of phenols is 1. The van der Waals surface area contributed by atoms with Crippen LogP contribution in [0.3, 0.4) is 0 Å². The molecular weight excluding hydrogens is 398 g/mol. The minimum atomic E-state index is -0.0869. The van der Waals surface area contributed by atoms with E-state index in [2.05, 4.69) is 41.7 Å². The Bertz CT molecular complexity index is 1160. The van der Waals surface area contributed by atoms with Gasteiger partial charge in [-0.05, 0) is 36.1 Å². The smallest absolute Gasteiger partial charge is 0.156 e. The lowest BCUT2D eigenvalue weighted by Gasteiger charge is -2.11. The zero-order valence-corrected chi connectivity index (χ0v) is 17.7. The Balaban J connectivity index is 1.32. The fraction of sp³-hybridized carbons (Fsp3) is 0.185. The Morgan fingerprint density at radius 1 is 0.812 bits per heavy atom. The molecule has 5 rings (SSSR count). The summed E-state index contributed by atoms with van der Waals surface area (Å²) in [5.41, 5.74) is 5.27. The van der Waals surface area contributed by atoms with Crippen molar-refractivity contribution in [3.05, 3.63) is 108 Å². The molecule has 1 saturated heterocycles. The van der Waals surface area contributed by atoms with Crippen molar-refractivity contribution in [1.82, 2.24) is 9.97 Å². The first-order valence-electron chi connectivity index (χ1n) is 10.9. The normalized spacial score (nSPS) is 17.1. The Morgan fingerprint density at radius 3 is 2.28 bits per heavy atom. The van der Waals surface area contributed by atoms with E-state index in [1.54, 1.807) is 12.1 Å². The van der Waals surface area contributed by atoms with Crippen molar-refractivity contribution in [2.24, 2.45) is 0 Å². The number of hydrogen-bond acceptors (Lipinski definition) is 5. The zero-order chi connectivity index (χ0) is 21.8. The van der Waals surface area contributed by atoms with Gasteiger partial charge < -0.3 is 15.2 Å². The molecule has 2 heterocycles. The average Bonchev–Trinajstić information content (AvgIpc) is 3.58. The second-order valence-corrected chi connectivity index (χ2v) is 8.01. The zero-order valence-electron chi connectivity index (χ0n) is 17.7. The number of nitrogens with one attached hydrogen (secondary N) is 1. The summed E-state index contributed by atoms with van der Waals surface area (Å²) in [6.07, 6.45) is 4.28. The summed E-state index contributed by atoms with van der Waals surface area (Å²) in [4.78, 5) is 9.66. The minimum absolute atomic E-state index is 0.0807. The van der Waals surface area contributed by atoms with Crippen LogP contribution in [0.5, 0.6) is 5.75 Å². The molecule has 0 saturated carbocycles. The number of ether oxygens (including phenoxy) is 1. The van der Waals surface area contributed by atoms with Gasteiger partial charge in [0.15, 0.2) is 6.23 Å². The van der Waals surface area contributed by atoms with E-state index in [0.29, 0.717) is 0 Å². The van der Waals surface area contributed by atoms with E-state index in [0.717, 1.165) is 47.6 Å². The third-order valence-electron chi connectivity index (χ3n) is 5.64. The monoisotopic (exact) mass is 423 g/mol. The lowest BCUT2D eigenvalue weighted by Crippen LogP contribution is -2.13. The summed E-state index contributed by atoms with van der Waals surface area (Å²) in [5.74, 6) is 1.05. The maximum absolute atomic E-state index is 9.46. The van der Waals surface area contributed by atoms with E-state index in [1.807, 2.05) is 42.6 Å². The van der Waals surface area contributed by atoms with Gasteiger partial charge in [0.25, 0.3) is 0 Å². The first-order chi connectivity index (χ1) is 15.7. The van der Waals surface area contributed by atoms with E-state index in [-0.39, 0.29) is 18.1 Å². The Hall–Kier alpha value is -3.70. The van der Waals surface area contributed by atoms with Crippen LogP contribution in [-0.4, -0.2) is 27.4 Å². The largest absolute Gasteiger partial charge is 0.508 e. The molecule has 1 aliphatic rings. The van der Waals surface area contributed by atoms with Crippen LogP contribution < -0.4 is 5.32 Å². The number of aromatic nitrogens is 2. The van der Waals surface area contributed by atoms with E-state index >= 15 is 0 Å². The van der Waals surface area contributed by atoms with Gasteiger partial charge in [-0.3, -0.25) is 0 Å². The first kappa shape index (κ1) is 20.2. The summed E-state index contributed by atoms with van der Waals surface area (Å²) in [6, 6.07) is 27.8. The number of aryl methyl sites for hydroxylation is 2. The third-order valence-corrected chi connectivity index (χ3v) is 5.64. The van der Waals surface area contributed by atoms with Crippen LogP contribution in [0, 0.1) is 0 Å². The Kier molecular flexibility index (Phi) is 5.81. The van der Waals surface area contributed by atoms with Gasteiger partial charge in [-0.25, -0.2) is 9.97 Å². The first-order valence-corrected chi connectivity index (χ1v) is 10.9. The van der Waals surface area contributed by atoms with E-state index in [1.165, 1.54) is 5.56 Å². The van der Waals surface area contributed by atoms with Gasteiger partial charge in [0.2, 0.25) is 0 Å². The highest BCUT2D eigenvalue weighted by molar-refractivity contribution is 5.60. The summed E-state index contributed by atoms with van der Waals surface area (Å²) in [6.45, 7) is 0. The second kappa shape index (κ2) is 9.20. The fourth-order valence-corrected chi connectivity index (χ4v) is 3.80. The third kappa shape index (κ3) is 4.95. The van der Waals surface area contributed by atoms with Gasteiger partial charge in [0.1, 0.15) is 17.7 Å². The van der Waals surface area contributed by atoms with Crippen LogP contribution >= 0.6 is 0 Å². The van der Waals surface area contributed by atoms with Crippen LogP contribution in [0.15, 0.2) is 91.1 Å². The number of hydrogen-bond donors (Lipinski definition) is 2. The quantitative estimate of drug-likeness (QED) is 0.390. The molecule has 2 unspecified atom stereocenters. The number of aromatic hydroxyl groups is 1. The lowest BCUT2D eigenvalue weighted by atomic mass is 10.1. The molecular formula is C27H25N3O2. The molecule has 1 aromatic heterocycles. The van der Waals surface area contributed by atoms with Crippen LogP contribution in [0.1, 0.15) is 16.8 Å². The predicted molar refractivity (Wildman–Crippen MR) is 125 cm³/mol. The van der Waals surface area contributed by atoms with Gasteiger partial charge >= 0.3 is 0 Å². The van der Waals surface area contributed by atoms with Gasteiger partial charge in [0.05, 0.1) is 17.6 Å². The fourth-order valence-electron chi connectivity index (χ4n) is 3.80. The molecule has 2 N–H and O–H groups in total. The topological polar surface area (TPSA) is 70.6 Å². The summed E-state index contributed by atoms with van der Waals surface area (Å²) < 4.78 is 5.85. The standard InChI is InChI=1S/C27H25N3O2/c31-22-14-11-20(12-15-22)17-25-27(32-25)30-26-23(16-13-19-7-3-1-4-8-19)29-24(18-28-26)21-9-5-2-6-10-21/h1-12,14-15,18,25,27,31H,13,16-17H2,(H,28,30). The van der Waals surface area contributed by atoms with E-state index < -0.39 is 0 Å². The molecule has 3 aromatic carbocycles. The predicted octanol–water partition coefficient (Wildman–Crippen LogP) is 5.01. The molecule has 5 heteroatoms. The van der Waals surface area contributed by atoms with Gasteiger partial charge in [-0.1, -0.05) is 72.8 Å². The number of epoxide rings is 1. The van der Waals surface area contributed by atoms with Crippen molar-refractivity contribution in [1.29, 1.82) is 0 Å². The number of anilines is 1. The molecule has 0 radical (unpaired) electrons. The highest BCUT2D eigenvalue weighted by atomic mass is 16.6. The van der Waals surface area contributed by atoms with Crippen molar-refractivity contribution >= 4 is 5.82 Å². The molecule has 32 heavy (non-hydrogen) atoms. The van der Waals surface area contributed by atoms with Crippen molar-refractivity contribution in [3.8, 4) is 17.0 Å². The summed E-state index contributed by atoms with van der Waals surface area (Å²) >= 11 is 0. The molecule has 0 aliphatic carbocycles. The molecule has 2 atom stereocenters. The van der Waals surface area contributed by atoms with Crippen LogP contribution in [0.25, 0.3) is 11.3 Å². The molecule has 5 nitrogen and oxygen atoms in total. The number of rotatable bonds is 8. The Labute approximate surface area is 187 Å². The van der Waals surface area contributed by atoms with E-state index in [4.69, 9.17) is 14.7 Å². The summed E-state index contributed by atoms with van der Waals surface area (Å²) in [7, 11) is 0. The molecule has 0 spiro atoms. The molecule has 4 aromatic rings. The van der Waals surface area contributed by atoms with Gasteiger partial charge in [0, 0.05) is 12.0 Å². The molecule has 1 aliphatic heterocycles.